The van der Waals surface area contributed by atoms with Crippen molar-refractivity contribution in [1.82, 2.24) is 25.8 Å². The summed E-state index contributed by atoms with van der Waals surface area (Å²) in [5.41, 5.74) is 0. The van der Waals surface area contributed by atoms with E-state index in [9.17, 15) is 9.59 Å². The summed E-state index contributed by atoms with van der Waals surface area (Å²) >= 11 is 0. The number of urea groups is 1. The van der Waals surface area contributed by atoms with Gasteiger partial charge in [-0.3, -0.25) is 9.89 Å². The van der Waals surface area contributed by atoms with Crippen molar-refractivity contribution in [2.45, 2.75) is 26.2 Å². The van der Waals surface area contributed by atoms with E-state index in [0.29, 0.717) is 19.5 Å². The lowest BCUT2D eigenvalue weighted by Crippen LogP contribution is -2.37. The lowest BCUT2D eigenvalue weighted by Gasteiger charge is -2.09. The van der Waals surface area contributed by atoms with E-state index in [1.807, 2.05) is 0 Å². The number of carbonyl (C=O) groups excluding carboxylic acids is 1. The molecule has 0 fully saturated rings. The van der Waals surface area contributed by atoms with E-state index >= 15 is 0 Å². The molecule has 106 valence electrons. The van der Waals surface area contributed by atoms with Crippen molar-refractivity contribution in [3.05, 3.63) is 12.2 Å². The van der Waals surface area contributed by atoms with Crippen LogP contribution in [0.2, 0.25) is 0 Å². The third-order valence-electron chi connectivity index (χ3n) is 2.63. The number of H-pyrrole nitrogens is 1. The van der Waals surface area contributed by atoms with Crippen molar-refractivity contribution in [3.8, 4) is 0 Å². The van der Waals surface area contributed by atoms with Crippen molar-refractivity contribution < 1.29 is 14.7 Å². The molecule has 0 saturated carbocycles. The summed E-state index contributed by atoms with van der Waals surface area (Å²) in [7, 11) is 0. The molecule has 2 amide bonds. The third-order valence-corrected chi connectivity index (χ3v) is 2.63. The number of carboxylic acid groups (broad SMARTS) is 1. The molecule has 4 N–H and O–H groups in total. The van der Waals surface area contributed by atoms with Gasteiger partial charge in [0.25, 0.3) is 0 Å². The molecule has 0 saturated heterocycles. The van der Waals surface area contributed by atoms with Gasteiger partial charge in [-0.15, -0.1) is 0 Å². The van der Waals surface area contributed by atoms with Crippen LogP contribution in [-0.2, 0) is 11.2 Å². The van der Waals surface area contributed by atoms with E-state index in [0.717, 1.165) is 18.7 Å². The molecule has 0 bridgehead atoms. The van der Waals surface area contributed by atoms with Gasteiger partial charge in [-0.25, -0.2) is 9.78 Å². The van der Waals surface area contributed by atoms with Crippen LogP contribution >= 0.6 is 0 Å². The van der Waals surface area contributed by atoms with Gasteiger partial charge in [0.15, 0.2) is 0 Å². The van der Waals surface area contributed by atoms with Crippen molar-refractivity contribution in [2.75, 3.05) is 13.1 Å². The minimum atomic E-state index is -0.853. The van der Waals surface area contributed by atoms with Gasteiger partial charge in [0.1, 0.15) is 12.2 Å². The number of hydrogen-bond donors (Lipinski definition) is 4. The van der Waals surface area contributed by atoms with Gasteiger partial charge in [-0.1, -0.05) is 6.92 Å². The molecule has 1 rings (SSSR count). The molecular weight excluding hydrogens is 250 g/mol. The predicted molar refractivity (Wildman–Crippen MR) is 67.5 cm³/mol. The number of aromatic amines is 1. The Morgan fingerprint density at radius 1 is 1.42 bits per heavy atom. The Morgan fingerprint density at radius 3 is 2.79 bits per heavy atom. The molecule has 0 radical (unpaired) electrons. The van der Waals surface area contributed by atoms with Crippen molar-refractivity contribution in [1.29, 1.82) is 0 Å². The van der Waals surface area contributed by atoms with Crippen LogP contribution in [-0.4, -0.2) is 45.4 Å². The van der Waals surface area contributed by atoms with Gasteiger partial charge in [-0.2, -0.15) is 5.10 Å². The number of carboxylic acids is 1. The zero-order chi connectivity index (χ0) is 14.1. The minimum absolute atomic E-state index is 0.282. The van der Waals surface area contributed by atoms with Gasteiger partial charge >= 0.3 is 12.0 Å². The molecule has 1 atom stereocenters. The number of rotatable bonds is 8. The van der Waals surface area contributed by atoms with E-state index < -0.39 is 11.9 Å². The number of nitrogens with zero attached hydrogens (tertiary/aromatic N) is 2. The van der Waals surface area contributed by atoms with E-state index in [2.05, 4.69) is 25.8 Å². The number of nitrogens with one attached hydrogen (secondary N) is 3. The topological polar surface area (TPSA) is 120 Å². The second kappa shape index (κ2) is 8.06. The highest BCUT2D eigenvalue weighted by molar-refractivity contribution is 5.74. The van der Waals surface area contributed by atoms with Crippen LogP contribution in [0.5, 0.6) is 0 Å². The largest absolute Gasteiger partial charge is 0.481 e. The monoisotopic (exact) mass is 269 g/mol. The van der Waals surface area contributed by atoms with Gasteiger partial charge in [0, 0.05) is 19.5 Å². The number of amides is 2. The van der Waals surface area contributed by atoms with Crippen LogP contribution in [0.15, 0.2) is 6.33 Å². The average Bonchev–Trinajstić information content (AvgIpc) is 2.87. The highest BCUT2D eigenvalue weighted by Gasteiger charge is 2.10. The smallest absolute Gasteiger partial charge is 0.314 e. The maximum Gasteiger partial charge on any atom is 0.314 e. The highest BCUT2D eigenvalue weighted by atomic mass is 16.4. The molecule has 0 aliphatic heterocycles. The fourth-order valence-electron chi connectivity index (χ4n) is 1.40. The Morgan fingerprint density at radius 2 is 2.16 bits per heavy atom. The first kappa shape index (κ1) is 14.9. The minimum Gasteiger partial charge on any atom is -0.481 e. The molecular formula is C11H19N5O3. The molecule has 1 aromatic rings. The van der Waals surface area contributed by atoms with Gasteiger partial charge in [-0.05, 0) is 12.8 Å². The Bertz CT molecular complexity index is 393. The van der Waals surface area contributed by atoms with E-state index in [1.54, 1.807) is 6.92 Å². The second-order valence-electron chi connectivity index (χ2n) is 4.25. The average molecular weight is 269 g/mol. The number of aryl methyl sites for hydroxylation is 1. The normalized spacial score (nSPS) is 11.8. The predicted octanol–water partition coefficient (Wildman–Crippen LogP) is 0.147. The first-order chi connectivity index (χ1) is 9.09. The summed E-state index contributed by atoms with van der Waals surface area (Å²) in [6, 6.07) is -0.282. The maximum absolute atomic E-state index is 11.4. The molecule has 8 nitrogen and oxygen atoms in total. The third kappa shape index (κ3) is 6.39. The molecule has 0 aromatic carbocycles. The van der Waals surface area contributed by atoms with Crippen LogP contribution in [0.3, 0.4) is 0 Å². The van der Waals surface area contributed by atoms with Crippen molar-refractivity contribution in [2.24, 2.45) is 5.92 Å². The molecule has 0 aliphatic carbocycles. The summed E-state index contributed by atoms with van der Waals surface area (Å²) in [5.74, 6) is -0.515. The van der Waals surface area contributed by atoms with E-state index in [4.69, 9.17) is 5.11 Å². The zero-order valence-electron chi connectivity index (χ0n) is 10.8. The number of aliphatic carboxylic acids is 1. The molecule has 19 heavy (non-hydrogen) atoms. The quantitative estimate of drug-likeness (QED) is 0.501. The SMILES string of the molecule is CC(CCNC(=O)NCCCc1ncn[nH]1)C(=O)O. The van der Waals surface area contributed by atoms with Gasteiger partial charge < -0.3 is 15.7 Å². The standard InChI is InChI=1S/C11H19N5O3/c1-8(10(17)18)4-6-13-11(19)12-5-2-3-9-14-7-15-16-9/h7-8H,2-6H2,1H3,(H,17,18)(H2,12,13,19)(H,14,15,16). The van der Waals surface area contributed by atoms with Gasteiger partial charge in [0.2, 0.25) is 0 Å². The Labute approximate surface area is 111 Å². The molecule has 1 unspecified atom stereocenters. The van der Waals surface area contributed by atoms with Crippen LogP contribution in [0.4, 0.5) is 4.79 Å². The lowest BCUT2D eigenvalue weighted by atomic mass is 10.1. The number of carbonyl (C=O) groups is 2. The first-order valence-electron chi connectivity index (χ1n) is 6.18. The summed E-state index contributed by atoms with van der Waals surface area (Å²) in [4.78, 5) is 25.9. The Kier molecular flexibility index (Phi) is 6.34. The van der Waals surface area contributed by atoms with Crippen LogP contribution in [0, 0.1) is 5.92 Å². The number of aromatic nitrogens is 3. The van der Waals surface area contributed by atoms with Crippen LogP contribution in [0.1, 0.15) is 25.6 Å². The summed E-state index contributed by atoms with van der Waals surface area (Å²) in [5, 5.41) is 20.4. The van der Waals surface area contributed by atoms with Crippen LogP contribution in [0.25, 0.3) is 0 Å². The Balaban J connectivity index is 2.00. The fraction of sp³-hybridized carbons (Fsp3) is 0.636. The van der Waals surface area contributed by atoms with Crippen molar-refractivity contribution >= 4 is 12.0 Å². The Hall–Kier alpha value is -2.12. The molecule has 8 heteroatoms. The first-order valence-corrected chi connectivity index (χ1v) is 6.18. The maximum atomic E-state index is 11.4. The molecule has 0 spiro atoms. The summed E-state index contributed by atoms with van der Waals surface area (Å²) in [6.07, 6.45) is 3.34. The van der Waals surface area contributed by atoms with Gasteiger partial charge in [0.05, 0.1) is 5.92 Å². The van der Waals surface area contributed by atoms with Crippen molar-refractivity contribution in [3.63, 3.8) is 0 Å². The lowest BCUT2D eigenvalue weighted by molar-refractivity contribution is -0.141. The van der Waals surface area contributed by atoms with Crippen LogP contribution < -0.4 is 10.6 Å². The molecule has 1 heterocycles. The van der Waals surface area contributed by atoms with E-state index in [-0.39, 0.29) is 6.03 Å². The summed E-state index contributed by atoms with van der Waals surface area (Å²) in [6.45, 7) is 2.49. The highest BCUT2D eigenvalue weighted by Crippen LogP contribution is 1.99. The zero-order valence-corrected chi connectivity index (χ0v) is 10.8. The second-order valence-corrected chi connectivity index (χ2v) is 4.25. The number of hydrogen-bond acceptors (Lipinski definition) is 4. The molecule has 1 aromatic heterocycles. The molecule has 0 aliphatic rings. The van der Waals surface area contributed by atoms with E-state index in [1.165, 1.54) is 6.33 Å². The summed E-state index contributed by atoms with van der Waals surface area (Å²) < 4.78 is 0. The fourth-order valence-corrected chi connectivity index (χ4v) is 1.40.